The minimum absolute atomic E-state index is 0.0676. The van der Waals surface area contributed by atoms with Gasteiger partial charge in [-0.3, -0.25) is 0 Å². The summed E-state index contributed by atoms with van der Waals surface area (Å²) >= 11 is 1.55. The first-order valence-electron chi connectivity index (χ1n) is 8.25. The molecule has 0 unspecified atom stereocenters. The molecule has 1 aliphatic rings. The number of nitrogens with one attached hydrogen (secondary N) is 1. The molecule has 0 radical (unpaired) electrons. The van der Waals surface area contributed by atoms with E-state index in [-0.39, 0.29) is 17.7 Å². The molecule has 2 aromatic rings. The number of urea groups is 1. The molecule has 1 N–H and O–H groups in total. The second-order valence-electron chi connectivity index (χ2n) is 6.24. The second kappa shape index (κ2) is 7.32. The number of benzene rings is 1. The topological polar surface area (TPSA) is 54.5 Å². The Morgan fingerprint density at radius 2 is 2.25 bits per heavy atom. The van der Waals surface area contributed by atoms with Gasteiger partial charge in [-0.05, 0) is 18.9 Å². The van der Waals surface area contributed by atoms with Crippen molar-refractivity contribution in [1.82, 2.24) is 15.2 Å². The average Bonchev–Trinajstić information content (AvgIpc) is 3.14. The molecule has 3 rings (SSSR count). The zero-order valence-corrected chi connectivity index (χ0v) is 14.9. The highest BCUT2D eigenvalue weighted by Gasteiger charge is 2.33. The van der Waals surface area contributed by atoms with Crippen LogP contribution in [0.15, 0.2) is 41.9 Å². The predicted octanol–water partition coefficient (Wildman–Crippen LogP) is 3.44. The molecule has 0 spiro atoms. The largest absolute Gasteiger partial charge is 0.372 e. The van der Waals surface area contributed by atoms with Crippen molar-refractivity contribution >= 4 is 17.4 Å². The molecule has 5 nitrogen and oxygen atoms in total. The molecule has 0 saturated carbocycles. The van der Waals surface area contributed by atoms with Crippen molar-refractivity contribution in [2.45, 2.75) is 31.9 Å². The number of thiazole rings is 1. The molecule has 0 bridgehead atoms. The van der Waals surface area contributed by atoms with Gasteiger partial charge in [0.2, 0.25) is 0 Å². The molecule has 1 aliphatic heterocycles. The molecule has 6 heteroatoms. The van der Waals surface area contributed by atoms with Crippen LogP contribution in [0.5, 0.6) is 0 Å². The summed E-state index contributed by atoms with van der Waals surface area (Å²) in [5, 5.41) is 5.97. The van der Waals surface area contributed by atoms with Gasteiger partial charge in [-0.15, -0.1) is 11.3 Å². The summed E-state index contributed by atoms with van der Waals surface area (Å²) in [5.41, 5.74) is 0.770. The van der Waals surface area contributed by atoms with E-state index in [9.17, 15) is 4.79 Å². The highest BCUT2D eigenvalue weighted by Crippen LogP contribution is 2.25. The van der Waals surface area contributed by atoms with E-state index in [0.717, 1.165) is 17.0 Å². The van der Waals surface area contributed by atoms with E-state index in [1.165, 1.54) is 0 Å². The van der Waals surface area contributed by atoms with Crippen LogP contribution in [0.3, 0.4) is 0 Å². The Balaban J connectivity index is 1.77. The number of carbonyl (C=O) groups is 1. The Bertz CT molecular complexity index is 662. The van der Waals surface area contributed by atoms with Gasteiger partial charge in [0.1, 0.15) is 11.0 Å². The van der Waals surface area contributed by atoms with E-state index in [0.29, 0.717) is 19.7 Å². The minimum Gasteiger partial charge on any atom is -0.372 e. The lowest BCUT2D eigenvalue weighted by atomic mass is 10.0. The zero-order chi connectivity index (χ0) is 17.0. The molecule has 2 atom stereocenters. The van der Waals surface area contributed by atoms with Gasteiger partial charge >= 0.3 is 6.03 Å². The molecule has 0 aliphatic carbocycles. The van der Waals surface area contributed by atoms with Gasteiger partial charge in [0.15, 0.2) is 0 Å². The van der Waals surface area contributed by atoms with Gasteiger partial charge in [-0.25, -0.2) is 9.78 Å². The quantitative estimate of drug-likeness (QED) is 0.923. The monoisotopic (exact) mass is 345 g/mol. The number of ether oxygens (including phenoxy) is 1. The average molecular weight is 345 g/mol. The van der Waals surface area contributed by atoms with Crippen molar-refractivity contribution in [3.8, 4) is 0 Å². The first-order valence-corrected chi connectivity index (χ1v) is 9.13. The molecule has 24 heavy (non-hydrogen) atoms. The van der Waals surface area contributed by atoms with Crippen LogP contribution in [0.1, 0.15) is 36.9 Å². The van der Waals surface area contributed by atoms with Gasteiger partial charge < -0.3 is 15.0 Å². The molecule has 1 fully saturated rings. The fraction of sp³-hybridized carbons (Fsp3) is 0.444. The van der Waals surface area contributed by atoms with E-state index in [4.69, 9.17) is 4.74 Å². The Kier molecular flexibility index (Phi) is 5.16. The SMILES string of the molecule is CC[C@]1(C)CN(C(=O)N[C@@H](c2ccccc2)c2nccs2)CCO1. The molecule has 2 heterocycles. The smallest absolute Gasteiger partial charge is 0.318 e. The number of carbonyl (C=O) groups excluding carboxylic acids is 1. The molecular formula is C18H23N3O2S. The summed E-state index contributed by atoms with van der Waals surface area (Å²) in [4.78, 5) is 19.1. The van der Waals surface area contributed by atoms with E-state index < -0.39 is 0 Å². The molecule has 1 aromatic heterocycles. The van der Waals surface area contributed by atoms with Crippen LogP contribution in [0.25, 0.3) is 0 Å². The third-order valence-electron chi connectivity index (χ3n) is 4.47. The van der Waals surface area contributed by atoms with E-state index >= 15 is 0 Å². The number of nitrogens with zero attached hydrogens (tertiary/aromatic N) is 2. The number of aromatic nitrogens is 1. The first-order chi connectivity index (χ1) is 11.6. The van der Waals surface area contributed by atoms with Gasteiger partial charge in [0.25, 0.3) is 0 Å². The number of hydrogen-bond acceptors (Lipinski definition) is 4. The standard InChI is InChI=1S/C18H23N3O2S/c1-3-18(2)13-21(10-11-23-18)17(22)20-15(16-19-9-12-24-16)14-7-5-4-6-8-14/h4-9,12,15H,3,10-11,13H2,1-2H3,(H,20,22)/t15-,18+/m0/s1. The molecule has 1 aromatic carbocycles. The van der Waals surface area contributed by atoms with Crippen LogP contribution >= 0.6 is 11.3 Å². The molecule has 128 valence electrons. The Hall–Kier alpha value is -1.92. The highest BCUT2D eigenvalue weighted by molar-refractivity contribution is 7.09. The van der Waals surface area contributed by atoms with Crippen LogP contribution in [0, 0.1) is 0 Å². The normalized spacial score (nSPS) is 22.2. The van der Waals surface area contributed by atoms with Crippen molar-refractivity contribution in [3.63, 3.8) is 0 Å². The highest BCUT2D eigenvalue weighted by atomic mass is 32.1. The molecular weight excluding hydrogens is 322 g/mol. The van der Waals surface area contributed by atoms with E-state index in [1.807, 2.05) is 40.6 Å². The first kappa shape index (κ1) is 16.9. The van der Waals surface area contributed by atoms with Crippen LogP contribution in [-0.2, 0) is 4.74 Å². The summed E-state index contributed by atoms with van der Waals surface area (Å²) in [5.74, 6) is 0. The summed E-state index contributed by atoms with van der Waals surface area (Å²) < 4.78 is 5.82. The Morgan fingerprint density at radius 3 is 2.92 bits per heavy atom. The van der Waals surface area contributed by atoms with Crippen LogP contribution < -0.4 is 5.32 Å². The van der Waals surface area contributed by atoms with Crippen molar-refractivity contribution in [1.29, 1.82) is 0 Å². The maximum Gasteiger partial charge on any atom is 0.318 e. The van der Waals surface area contributed by atoms with Crippen LogP contribution in [0.2, 0.25) is 0 Å². The van der Waals surface area contributed by atoms with Crippen molar-refractivity contribution in [2.75, 3.05) is 19.7 Å². The van der Waals surface area contributed by atoms with Gasteiger partial charge in [-0.1, -0.05) is 37.3 Å². The third-order valence-corrected chi connectivity index (χ3v) is 5.31. The van der Waals surface area contributed by atoms with Crippen LogP contribution in [-0.4, -0.2) is 41.2 Å². The summed E-state index contributed by atoms with van der Waals surface area (Å²) in [6.07, 6.45) is 2.65. The second-order valence-corrected chi connectivity index (χ2v) is 7.16. The summed E-state index contributed by atoms with van der Waals surface area (Å²) in [6, 6.07) is 9.66. The third kappa shape index (κ3) is 3.76. The van der Waals surface area contributed by atoms with Gasteiger partial charge in [0, 0.05) is 18.1 Å². The number of amides is 2. The zero-order valence-electron chi connectivity index (χ0n) is 14.1. The van der Waals surface area contributed by atoms with Gasteiger partial charge in [-0.2, -0.15) is 0 Å². The number of morpholine rings is 1. The maximum absolute atomic E-state index is 12.8. The van der Waals surface area contributed by atoms with Crippen molar-refractivity contribution < 1.29 is 9.53 Å². The van der Waals surface area contributed by atoms with Crippen molar-refractivity contribution in [3.05, 3.63) is 52.5 Å². The maximum atomic E-state index is 12.8. The summed E-state index contributed by atoms with van der Waals surface area (Å²) in [6.45, 7) is 5.94. The minimum atomic E-state index is -0.265. The fourth-order valence-electron chi connectivity index (χ4n) is 2.84. The number of rotatable bonds is 4. The Labute approximate surface area is 146 Å². The molecule has 1 saturated heterocycles. The molecule has 2 amide bonds. The predicted molar refractivity (Wildman–Crippen MR) is 95.2 cm³/mol. The lowest BCUT2D eigenvalue weighted by Gasteiger charge is -2.40. The van der Waals surface area contributed by atoms with Crippen molar-refractivity contribution in [2.24, 2.45) is 0 Å². The lowest BCUT2D eigenvalue weighted by molar-refractivity contribution is -0.0873. The summed E-state index contributed by atoms with van der Waals surface area (Å²) in [7, 11) is 0. The fourth-order valence-corrected chi connectivity index (χ4v) is 3.56. The van der Waals surface area contributed by atoms with E-state index in [2.05, 4.69) is 24.1 Å². The lowest BCUT2D eigenvalue weighted by Crippen LogP contribution is -2.54. The number of hydrogen-bond donors (Lipinski definition) is 1. The van der Waals surface area contributed by atoms with Gasteiger partial charge in [0.05, 0.1) is 18.8 Å². The Morgan fingerprint density at radius 1 is 1.46 bits per heavy atom. The van der Waals surface area contributed by atoms with E-state index in [1.54, 1.807) is 17.5 Å². The van der Waals surface area contributed by atoms with Crippen LogP contribution in [0.4, 0.5) is 4.79 Å².